The van der Waals surface area contributed by atoms with Crippen LogP contribution in [0.25, 0.3) is 79.2 Å². The van der Waals surface area contributed by atoms with E-state index in [1.807, 2.05) is 22.7 Å². The van der Waals surface area contributed by atoms with Crippen molar-refractivity contribution in [2.75, 3.05) is 0 Å². The fourth-order valence-corrected chi connectivity index (χ4v) is 8.42. The maximum Gasteiger partial charge on any atom is 0.0971 e. The third kappa shape index (κ3) is 2.98. The summed E-state index contributed by atoms with van der Waals surface area (Å²) in [6, 6.07) is 43.7. The fourth-order valence-electron chi connectivity index (χ4n) is 6.10. The van der Waals surface area contributed by atoms with Gasteiger partial charge in [0.25, 0.3) is 0 Å². The highest BCUT2D eigenvalue weighted by atomic mass is 32.1. The van der Waals surface area contributed by atoms with Crippen LogP contribution in [0.1, 0.15) is 0 Å². The van der Waals surface area contributed by atoms with E-state index < -0.39 is 0 Å². The summed E-state index contributed by atoms with van der Waals surface area (Å²) in [6.07, 6.45) is 0. The second kappa shape index (κ2) is 8.00. The van der Waals surface area contributed by atoms with Crippen LogP contribution in [0, 0.1) is 0 Å². The highest BCUT2D eigenvalue weighted by Gasteiger charge is 2.21. The van der Waals surface area contributed by atoms with Crippen molar-refractivity contribution in [1.82, 2.24) is 9.55 Å². The lowest BCUT2D eigenvalue weighted by molar-refractivity contribution is 1.20. The molecule has 4 heterocycles. The summed E-state index contributed by atoms with van der Waals surface area (Å²) in [7, 11) is 0. The van der Waals surface area contributed by atoms with Gasteiger partial charge in [0, 0.05) is 46.6 Å². The molecule has 9 rings (SSSR count). The second-order valence-corrected chi connectivity index (χ2v) is 12.1. The maximum atomic E-state index is 5.30. The molecule has 0 N–H and O–H groups in total. The van der Waals surface area contributed by atoms with Crippen molar-refractivity contribution in [1.29, 1.82) is 0 Å². The van der Waals surface area contributed by atoms with Gasteiger partial charge in [0.2, 0.25) is 0 Å². The van der Waals surface area contributed by atoms with Gasteiger partial charge >= 0.3 is 0 Å². The zero-order valence-corrected chi connectivity index (χ0v) is 22.4. The van der Waals surface area contributed by atoms with Gasteiger partial charge in [0.1, 0.15) is 0 Å². The van der Waals surface area contributed by atoms with Crippen LogP contribution >= 0.6 is 22.7 Å². The van der Waals surface area contributed by atoms with E-state index in [1.165, 1.54) is 56.9 Å². The van der Waals surface area contributed by atoms with Crippen LogP contribution in [0.2, 0.25) is 0 Å². The van der Waals surface area contributed by atoms with E-state index in [4.69, 9.17) is 4.98 Å². The van der Waals surface area contributed by atoms with Gasteiger partial charge in [-0.25, -0.2) is 4.98 Å². The summed E-state index contributed by atoms with van der Waals surface area (Å²) < 4.78 is 7.72. The maximum absolute atomic E-state index is 5.30. The number of fused-ring (bicyclic) bond motifs is 10. The van der Waals surface area contributed by atoms with Crippen molar-refractivity contribution in [2.45, 2.75) is 0 Å². The summed E-state index contributed by atoms with van der Waals surface area (Å²) in [5.41, 5.74) is 6.76. The molecule has 4 heteroatoms. The summed E-state index contributed by atoms with van der Waals surface area (Å²) in [6.45, 7) is 0. The molecule has 0 atom stereocenters. The van der Waals surface area contributed by atoms with E-state index in [0.29, 0.717) is 0 Å². The molecule has 0 aliphatic heterocycles. The third-order valence-corrected chi connectivity index (χ3v) is 10.1. The summed E-state index contributed by atoms with van der Waals surface area (Å²) >= 11 is 3.74. The number of pyridine rings is 1. The molecule has 0 radical (unpaired) electrons. The lowest BCUT2D eigenvalue weighted by Crippen LogP contribution is -1.95. The molecule has 0 spiro atoms. The van der Waals surface area contributed by atoms with Crippen LogP contribution in [0.4, 0.5) is 0 Å². The third-order valence-electron chi connectivity index (χ3n) is 7.80. The Morgan fingerprint density at radius 3 is 2.13 bits per heavy atom. The quantitative estimate of drug-likeness (QED) is 0.216. The van der Waals surface area contributed by atoms with E-state index in [9.17, 15) is 0 Å². The molecular formula is C35H20N2S2. The lowest BCUT2D eigenvalue weighted by Gasteiger charge is -2.10. The first-order valence-electron chi connectivity index (χ1n) is 13.1. The Balaban J connectivity index is 1.50. The van der Waals surface area contributed by atoms with Gasteiger partial charge < -0.3 is 4.57 Å². The number of hydrogen-bond donors (Lipinski definition) is 0. The van der Waals surface area contributed by atoms with Crippen molar-refractivity contribution in [3.63, 3.8) is 0 Å². The molecule has 0 saturated carbocycles. The van der Waals surface area contributed by atoms with Crippen molar-refractivity contribution in [3.05, 3.63) is 121 Å². The minimum absolute atomic E-state index is 0.998. The van der Waals surface area contributed by atoms with Crippen LogP contribution in [0.5, 0.6) is 0 Å². The number of benzene rings is 5. The Hall–Kier alpha value is -4.51. The average molecular weight is 533 g/mol. The van der Waals surface area contributed by atoms with Crippen molar-refractivity contribution >= 4 is 85.0 Å². The van der Waals surface area contributed by atoms with Crippen LogP contribution in [-0.4, -0.2) is 9.55 Å². The molecule has 4 aromatic heterocycles. The molecule has 2 nitrogen and oxygen atoms in total. The van der Waals surface area contributed by atoms with Crippen LogP contribution in [-0.2, 0) is 0 Å². The van der Waals surface area contributed by atoms with Crippen LogP contribution < -0.4 is 0 Å². The smallest absolute Gasteiger partial charge is 0.0971 e. The monoisotopic (exact) mass is 532 g/mol. The molecule has 0 bridgehead atoms. The Bertz CT molecular complexity index is 2390. The molecule has 0 amide bonds. The number of rotatable bonds is 2. The first-order valence-corrected chi connectivity index (χ1v) is 14.7. The topological polar surface area (TPSA) is 17.8 Å². The minimum atomic E-state index is 0.998. The van der Waals surface area contributed by atoms with Gasteiger partial charge in [-0.3, -0.25) is 0 Å². The Kier molecular flexibility index (Phi) is 4.39. The van der Waals surface area contributed by atoms with E-state index in [2.05, 4.69) is 126 Å². The molecule has 0 saturated heterocycles. The van der Waals surface area contributed by atoms with Gasteiger partial charge in [-0.15, -0.1) is 22.7 Å². The standard InChI is InChI=1S/C35H20N2S2/c1-2-9-21(10-3-1)26-18-19-27-33(36-26)25-17-20-31-32(24-12-5-7-16-30(24)38-31)34(25)37(27)28-14-8-13-23-22-11-4-6-15-29(22)39-35(23)28/h1-20H. The Labute approximate surface area is 232 Å². The van der Waals surface area contributed by atoms with Crippen molar-refractivity contribution in [2.24, 2.45) is 0 Å². The molecule has 5 aromatic carbocycles. The van der Waals surface area contributed by atoms with Gasteiger partial charge in [-0.1, -0.05) is 78.9 Å². The Morgan fingerprint density at radius 1 is 0.513 bits per heavy atom. The predicted octanol–water partition coefficient (Wildman–Crippen LogP) is 10.6. The second-order valence-electron chi connectivity index (χ2n) is 9.95. The molecule has 39 heavy (non-hydrogen) atoms. The first-order chi connectivity index (χ1) is 19.3. The zero-order chi connectivity index (χ0) is 25.5. The molecule has 0 aliphatic carbocycles. The number of aromatic nitrogens is 2. The van der Waals surface area contributed by atoms with Crippen molar-refractivity contribution in [3.8, 4) is 16.9 Å². The van der Waals surface area contributed by atoms with Gasteiger partial charge in [0.15, 0.2) is 0 Å². The SMILES string of the molecule is c1ccc(-c2ccc3c(n2)c2ccc4sc5ccccc5c4c2n3-c2cccc3c2sc2ccccc23)cc1. The molecule has 9 aromatic rings. The highest BCUT2D eigenvalue weighted by Crippen LogP contribution is 2.45. The van der Waals surface area contributed by atoms with E-state index in [0.717, 1.165) is 22.3 Å². The fraction of sp³-hybridized carbons (Fsp3) is 0. The largest absolute Gasteiger partial charge is 0.305 e. The lowest BCUT2D eigenvalue weighted by atomic mass is 10.1. The summed E-state index contributed by atoms with van der Waals surface area (Å²) in [5.74, 6) is 0. The molecular weight excluding hydrogens is 513 g/mol. The average Bonchev–Trinajstić information content (AvgIpc) is 3.66. The van der Waals surface area contributed by atoms with Gasteiger partial charge in [-0.05, 0) is 42.5 Å². The van der Waals surface area contributed by atoms with Crippen LogP contribution in [0.3, 0.4) is 0 Å². The zero-order valence-electron chi connectivity index (χ0n) is 20.8. The molecule has 0 fully saturated rings. The minimum Gasteiger partial charge on any atom is -0.305 e. The summed E-state index contributed by atoms with van der Waals surface area (Å²) in [5, 5.41) is 6.43. The normalized spacial score (nSPS) is 12.1. The van der Waals surface area contributed by atoms with E-state index >= 15 is 0 Å². The van der Waals surface area contributed by atoms with Gasteiger partial charge in [0.05, 0.1) is 32.6 Å². The first kappa shape index (κ1) is 21.4. The highest BCUT2D eigenvalue weighted by molar-refractivity contribution is 7.26. The van der Waals surface area contributed by atoms with Crippen molar-refractivity contribution < 1.29 is 0 Å². The number of thiophene rings is 2. The van der Waals surface area contributed by atoms with E-state index in [-0.39, 0.29) is 0 Å². The van der Waals surface area contributed by atoms with Crippen LogP contribution in [0.15, 0.2) is 121 Å². The molecule has 0 aliphatic rings. The predicted molar refractivity (Wildman–Crippen MR) is 170 cm³/mol. The molecule has 0 unspecified atom stereocenters. The Morgan fingerprint density at radius 2 is 1.26 bits per heavy atom. The number of hydrogen-bond acceptors (Lipinski definition) is 3. The van der Waals surface area contributed by atoms with E-state index in [1.54, 1.807) is 0 Å². The summed E-state index contributed by atoms with van der Waals surface area (Å²) in [4.78, 5) is 5.30. The van der Waals surface area contributed by atoms with Gasteiger partial charge in [-0.2, -0.15) is 0 Å². The number of nitrogens with zero attached hydrogens (tertiary/aromatic N) is 2. The molecule has 182 valence electrons.